The molecule has 0 aromatic rings. The van der Waals surface area contributed by atoms with Gasteiger partial charge in [0.25, 0.3) is 0 Å². The number of carbonyl (C=O) groups excluding carboxylic acids is 1. The SMILES string of the molecule is O=C(O)C1COCCN1C(=O)C1CCCCCC1. The average molecular weight is 255 g/mol. The predicted molar refractivity (Wildman–Crippen MR) is 65.1 cm³/mol. The topological polar surface area (TPSA) is 66.8 Å². The quantitative estimate of drug-likeness (QED) is 0.755. The Bertz CT molecular complexity index is 310. The van der Waals surface area contributed by atoms with Gasteiger partial charge >= 0.3 is 5.97 Å². The van der Waals surface area contributed by atoms with E-state index in [2.05, 4.69) is 0 Å². The first-order chi connectivity index (χ1) is 8.70. The van der Waals surface area contributed by atoms with Crippen molar-refractivity contribution in [3.05, 3.63) is 0 Å². The molecule has 0 aromatic carbocycles. The van der Waals surface area contributed by atoms with E-state index in [0.717, 1.165) is 25.7 Å². The second-order valence-corrected chi connectivity index (χ2v) is 5.15. The lowest BCUT2D eigenvalue weighted by Gasteiger charge is -2.35. The number of aliphatic carboxylic acids is 1. The minimum absolute atomic E-state index is 0.0208. The molecule has 1 amide bonds. The molecule has 0 aromatic heterocycles. The first-order valence-electron chi connectivity index (χ1n) is 6.81. The van der Waals surface area contributed by atoms with Crippen LogP contribution in [0.4, 0.5) is 0 Å². The number of carboxylic acids is 1. The molecule has 2 aliphatic rings. The summed E-state index contributed by atoms with van der Waals surface area (Å²) < 4.78 is 5.16. The van der Waals surface area contributed by atoms with E-state index in [-0.39, 0.29) is 18.4 Å². The van der Waals surface area contributed by atoms with Crippen molar-refractivity contribution in [1.29, 1.82) is 0 Å². The Kier molecular flexibility index (Phi) is 4.58. The van der Waals surface area contributed by atoms with Gasteiger partial charge in [0, 0.05) is 12.5 Å². The number of nitrogens with zero attached hydrogens (tertiary/aromatic N) is 1. The summed E-state index contributed by atoms with van der Waals surface area (Å²) in [6.45, 7) is 0.975. The molecule has 1 atom stereocenters. The van der Waals surface area contributed by atoms with E-state index in [1.807, 2.05) is 0 Å². The number of carboxylic acid groups (broad SMARTS) is 1. The van der Waals surface area contributed by atoms with Crippen molar-refractivity contribution in [2.45, 2.75) is 44.6 Å². The van der Waals surface area contributed by atoms with E-state index in [9.17, 15) is 9.59 Å². The summed E-state index contributed by atoms with van der Waals surface area (Å²) >= 11 is 0. The number of ether oxygens (including phenoxy) is 1. The van der Waals surface area contributed by atoms with Gasteiger partial charge in [-0.1, -0.05) is 25.7 Å². The molecule has 1 aliphatic heterocycles. The van der Waals surface area contributed by atoms with Crippen LogP contribution in [0.15, 0.2) is 0 Å². The number of hydrogen-bond donors (Lipinski definition) is 1. The Morgan fingerprint density at radius 1 is 1.11 bits per heavy atom. The summed E-state index contributed by atoms with van der Waals surface area (Å²) in [6.07, 6.45) is 6.35. The molecule has 0 bridgehead atoms. The minimum atomic E-state index is -0.961. The second-order valence-electron chi connectivity index (χ2n) is 5.15. The first kappa shape index (κ1) is 13.3. The van der Waals surface area contributed by atoms with Gasteiger partial charge in [0.2, 0.25) is 5.91 Å². The predicted octanol–water partition coefficient (Wildman–Crippen LogP) is 1.27. The zero-order valence-electron chi connectivity index (χ0n) is 10.6. The van der Waals surface area contributed by atoms with Crippen LogP contribution < -0.4 is 0 Å². The number of amides is 1. The highest BCUT2D eigenvalue weighted by Crippen LogP contribution is 2.26. The van der Waals surface area contributed by atoms with Crippen LogP contribution in [0.5, 0.6) is 0 Å². The Labute approximate surface area is 107 Å². The average Bonchev–Trinajstić information content (AvgIpc) is 2.66. The number of morpholine rings is 1. The molecule has 1 saturated heterocycles. The van der Waals surface area contributed by atoms with Crippen LogP contribution in [0.2, 0.25) is 0 Å². The fourth-order valence-electron chi connectivity index (χ4n) is 2.83. The summed E-state index contributed by atoms with van der Waals surface area (Å²) in [5.74, 6) is -0.920. The summed E-state index contributed by atoms with van der Waals surface area (Å²) in [7, 11) is 0. The van der Waals surface area contributed by atoms with E-state index >= 15 is 0 Å². The largest absolute Gasteiger partial charge is 0.480 e. The molecule has 1 saturated carbocycles. The Morgan fingerprint density at radius 2 is 1.78 bits per heavy atom. The molecule has 1 aliphatic carbocycles. The third-order valence-electron chi connectivity index (χ3n) is 3.90. The van der Waals surface area contributed by atoms with Gasteiger partial charge in [0.1, 0.15) is 0 Å². The molecule has 0 radical (unpaired) electrons. The molecule has 2 rings (SSSR count). The van der Waals surface area contributed by atoms with Crippen molar-refractivity contribution >= 4 is 11.9 Å². The molecule has 2 fully saturated rings. The lowest BCUT2D eigenvalue weighted by Crippen LogP contribution is -2.54. The zero-order valence-corrected chi connectivity index (χ0v) is 10.6. The van der Waals surface area contributed by atoms with Gasteiger partial charge in [-0.2, -0.15) is 0 Å². The maximum Gasteiger partial charge on any atom is 0.328 e. The Hall–Kier alpha value is -1.10. The van der Waals surface area contributed by atoms with Crippen LogP contribution in [-0.4, -0.2) is 47.7 Å². The lowest BCUT2D eigenvalue weighted by molar-refractivity contribution is -0.160. The minimum Gasteiger partial charge on any atom is -0.480 e. The van der Waals surface area contributed by atoms with Crippen molar-refractivity contribution < 1.29 is 19.4 Å². The Morgan fingerprint density at radius 3 is 2.39 bits per heavy atom. The maximum absolute atomic E-state index is 12.4. The molecule has 0 spiro atoms. The summed E-state index contributed by atoms with van der Waals surface area (Å²) in [6, 6.07) is -0.797. The summed E-state index contributed by atoms with van der Waals surface area (Å²) in [5.41, 5.74) is 0. The second kappa shape index (κ2) is 6.18. The van der Waals surface area contributed by atoms with Crippen molar-refractivity contribution in [3.8, 4) is 0 Å². The van der Waals surface area contributed by atoms with Crippen molar-refractivity contribution in [2.75, 3.05) is 19.8 Å². The molecule has 1 unspecified atom stereocenters. The van der Waals surface area contributed by atoms with E-state index < -0.39 is 12.0 Å². The standard InChI is InChI=1S/C13H21NO4/c15-12(10-5-3-1-2-4-6-10)14-7-8-18-9-11(14)13(16)17/h10-11H,1-9H2,(H,16,17). The molecule has 1 N–H and O–H groups in total. The molecule has 102 valence electrons. The van der Waals surface area contributed by atoms with Crippen LogP contribution in [0.3, 0.4) is 0 Å². The van der Waals surface area contributed by atoms with Gasteiger partial charge < -0.3 is 14.7 Å². The number of rotatable bonds is 2. The van der Waals surface area contributed by atoms with Gasteiger partial charge in [0.15, 0.2) is 6.04 Å². The van der Waals surface area contributed by atoms with E-state index in [1.165, 1.54) is 17.7 Å². The van der Waals surface area contributed by atoms with Crippen LogP contribution in [0, 0.1) is 5.92 Å². The van der Waals surface area contributed by atoms with Gasteiger partial charge in [-0.25, -0.2) is 4.79 Å². The molecule has 5 nitrogen and oxygen atoms in total. The van der Waals surface area contributed by atoms with E-state index in [0.29, 0.717) is 13.2 Å². The fourth-order valence-corrected chi connectivity index (χ4v) is 2.83. The molecule has 1 heterocycles. The van der Waals surface area contributed by atoms with Crippen LogP contribution in [0.1, 0.15) is 38.5 Å². The van der Waals surface area contributed by atoms with E-state index in [1.54, 1.807) is 0 Å². The Balaban J connectivity index is 2.02. The maximum atomic E-state index is 12.4. The highest BCUT2D eigenvalue weighted by atomic mass is 16.5. The molecule has 5 heteroatoms. The molecular weight excluding hydrogens is 234 g/mol. The van der Waals surface area contributed by atoms with Crippen LogP contribution >= 0.6 is 0 Å². The molecular formula is C13H21NO4. The van der Waals surface area contributed by atoms with Gasteiger partial charge in [-0.05, 0) is 12.8 Å². The van der Waals surface area contributed by atoms with Gasteiger partial charge in [-0.3, -0.25) is 4.79 Å². The monoisotopic (exact) mass is 255 g/mol. The smallest absolute Gasteiger partial charge is 0.328 e. The van der Waals surface area contributed by atoms with Gasteiger partial charge in [0.05, 0.1) is 13.2 Å². The summed E-state index contributed by atoms with van der Waals surface area (Å²) in [5, 5.41) is 9.14. The normalized spacial score (nSPS) is 26.7. The fraction of sp³-hybridized carbons (Fsp3) is 0.846. The van der Waals surface area contributed by atoms with Crippen molar-refractivity contribution in [3.63, 3.8) is 0 Å². The summed E-state index contributed by atoms with van der Waals surface area (Å²) in [4.78, 5) is 25.1. The zero-order chi connectivity index (χ0) is 13.0. The third-order valence-corrected chi connectivity index (χ3v) is 3.90. The molecule has 18 heavy (non-hydrogen) atoms. The lowest BCUT2D eigenvalue weighted by atomic mass is 9.97. The number of hydrogen-bond acceptors (Lipinski definition) is 3. The highest BCUT2D eigenvalue weighted by Gasteiger charge is 2.35. The van der Waals surface area contributed by atoms with Crippen molar-refractivity contribution in [2.24, 2.45) is 5.92 Å². The third kappa shape index (κ3) is 3.02. The first-order valence-corrected chi connectivity index (χ1v) is 6.81. The highest BCUT2D eigenvalue weighted by molar-refractivity contribution is 5.85. The van der Waals surface area contributed by atoms with Crippen LogP contribution in [0.25, 0.3) is 0 Å². The number of carbonyl (C=O) groups is 2. The van der Waals surface area contributed by atoms with E-state index in [4.69, 9.17) is 9.84 Å². The van der Waals surface area contributed by atoms with Crippen LogP contribution in [-0.2, 0) is 14.3 Å². The van der Waals surface area contributed by atoms with Crippen molar-refractivity contribution in [1.82, 2.24) is 4.90 Å². The van der Waals surface area contributed by atoms with Gasteiger partial charge in [-0.15, -0.1) is 0 Å².